The predicted molar refractivity (Wildman–Crippen MR) is 112 cm³/mol. The fraction of sp³-hybridized carbons (Fsp3) is 0.348. The maximum absolute atomic E-state index is 13.0. The maximum atomic E-state index is 13.0. The Bertz CT molecular complexity index is 1030. The number of anilines is 1. The van der Waals surface area contributed by atoms with Crippen molar-refractivity contribution in [3.8, 4) is 0 Å². The Morgan fingerprint density at radius 3 is 2.41 bits per heavy atom. The average Bonchev–Trinajstić information content (AvgIpc) is 3.31. The summed E-state index contributed by atoms with van der Waals surface area (Å²) in [4.78, 5) is 52.2. The number of nitrogens with zero attached hydrogens (tertiary/aromatic N) is 2. The van der Waals surface area contributed by atoms with Crippen LogP contribution in [0.3, 0.4) is 0 Å². The van der Waals surface area contributed by atoms with Crippen LogP contribution in [0.25, 0.3) is 0 Å². The number of ether oxygens (including phenoxy) is 1. The molecule has 166 valence electrons. The Balaban J connectivity index is 1.49. The molecule has 0 saturated carbocycles. The summed E-state index contributed by atoms with van der Waals surface area (Å²) < 4.78 is 10.1. The van der Waals surface area contributed by atoms with Crippen molar-refractivity contribution in [3.63, 3.8) is 0 Å². The lowest BCUT2D eigenvalue weighted by Crippen LogP contribution is -2.48. The van der Waals surface area contributed by atoms with Crippen LogP contribution >= 0.6 is 0 Å². The van der Waals surface area contributed by atoms with Crippen LogP contribution in [-0.4, -0.2) is 46.4 Å². The third-order valence-corrected chi connectivity index (χ3v) is 5.64. The quantitative estimate of drug-likeness (QED) is 0.400. The van der Waals surface area contributed by atoms with Gasteiger partial charge in [-0.2, -0.15) is 0 Å². The highest BCUT2D eigenvalue weighted by atomic mass is 16.5. The van der Waals surface area contributed by atoms with Gasteiger partial charge in [0, 0.05) is 12.5 Å². The summed E-state index contributed by atoms with van der Waals surface area (Å²) in [5, 5.41) is 6.10. The van der Waals surface area contributed by atoms with Gasteiger partial charge in [-0.3, -0.25) is 19.3 Å². The van der Waals surface area contributed by atoms with Crippen molar-refractivity contribution in [2.24, 2.45) is 11.8 Å². The molecule has 1 aromatic heterocycles. The molecule has 2 aliphatic rings. The lowest BCUT2D eigenvalue weighted by Gasteiger charge is -2.25. The molecule has 3 amide bonds. The van der Waals surface area contributed by atoms with E-state index in [9.17, 15) is 19.2 Å². The molecule has 2 aromatic rings. The monoisotopic (exact) mass is 437 g/mol. The summed E-state index contributed by atoms with van der Waals surface area (Å²) in [6, 6.07) is 9.43. The zero-order valence-electron chi connectivity index (χ0n) is 17.5. The molecule has 0 unspecified atom stereocenters. The summed E-state index contributed by atoms with van der Waals surface area (Å²) in [6.07, 6.45) is 4.82. The number of rotatable bonds is 7. The zero-order chi connectivity index (χ0) is 22.7. The number of imide groups is 1. The summed E-state index contributed by atoms with van der Waals surface area (Å²) in [6.45, 7) is 1.09. The number of allylic oxidation sites excluding steroid dienone is 2. The smallest absolute Gasteiger partial charge is 0.330 e. The molecule has 1 fully saturated rings. The van der Waals surface area contributed by atoms with Gasteiger partial charge in [-0.05, 0) is 25.3 Å². The Morgan fingerprint density at radius 1 is 1.16 bits per heavy atom. The number of fused-ring (bicyclic) bond motifs is 1. The minimum Gasteiger partial charge on any atom is -0.454 e. The number of aromatic nitrogens is 1. The first-order chi connectivity index (χ1) is 15.4. The highest BCUT2D eigenvalue weighted by Crippen LogP contribution is 2.36. The van der Waals surface area contributed by atoms with Gasteiger partial charge in [0.1, 0.15) is 11.8 Å². The van der Waals surface area contributed by atoms with Gasteiger partial charge in [-0.15, -0.1) is 0 Å². The van der Waals surface area contributed by atoms with Gasteiger partial charge in [0.15, 0.2) is 12.4 Å². The Labute approximate surface area is 184 Å². The van der Waals surface area contributed by atoms with Crippen molar-refractivity contribution in [2.75, 3.05) is 11.9 Å². The normalized spacial score (nSPS) is 20.7. The number of hydrogen-bond acceptors (Lipinski definition) is 7. The third kappa shape index (κ3) is 4.46. The molecule has 3 atom stereocenters. The highest BCUT2D eigenvalue weighted by molar-refractivity contribution is 6.08. The molecule has 4 rings (SSSR count). The Hall–Kier alpha value is -3.75. The van der Waals surface area contributed by atoms with Crippen LogP contribution in [0, 0.1) is 18.8 Å². The van der Waals surface area contributed by atoms with E-state index in [1.54, 1.807) is 19.1 Å². The summed E-state index contributed by atoms with van der Waals surface area (Å²) in [7, 11) is 0. The van der Waals surface area contributed by atoms with E-state index in [0.717, 1.165) is 10.5 Å². The van der Waals surface area contributed by atoms with E-state index in [4.69, 9.17) is 9.26 Å². The average molecular weight is 437 g/mol. The van der Waals surface area contributed by atoms with Gasteiger partial charge >= 0.3 is 5.97 Å². The van der Waals surface area contributed by atoms with E-state index < -0.39 is 36.4 Å². The summed E-state index contributed by atoms with van der Waals surface area (Å²) in [5.74, 6) is -2.37. The van der Waals surface area contributed by atoms with Crippen molar-refractivity contribution in [2.45, 2.75) is 32.2 Å². The highest BCUT2D eigenvalue weighted by Gasteiger charge is 2.51. The molecule has 2 heterocycles. The molecule has 0 bridgehead atoms. The van der Waals surface area contributed by atoms with Gasteiger partial charge in [0.2, 0.25) is 11.8 Å². The second-order valence-corrected chi connectivity index (χ2v) is 7.89. The second-order valence-electron chi connectivity index (χ2n) is 7.89. The number of aryl methyl sites for hydroxylation is 1. The first-order valence-corrected chi connectivity index (χ1v) is 10.4. The van der Waals surface area contributed by atoms with Crippen molar-refractivity contribution in [1.82, 2.24) is 10.1 Å². The van der Waals surface area contributed by atoms with Crippen LogP contribution in [0.5, 0.6) is 0 Å². The number of esters is 1. The lowest BCUT2D eigenvalue weighted by molar-refractivity contribution is -0.160. The molecule has 9 heteroatoms. The topological polar surface area (TPSA) is 119 Å². The molecule has 1 aliphatic carbocycles. The van der Waals surface area contributed by atoms with Gasteiger partial charge in [0.05, 0.1) is 11.8 Å². The number of hydrogen-bond donors (Lipinski definition) is 1. The zero-order valence-corrected chi connectivity index (χ0v) is 17.5. The van der Waals surface area contributed by atoms with Crippen molar-refractivity contribution in [3.05, 3.63) is 59.9 Å². The van der Waals surface area contributed by atoms with E-state index >= 15 is 0 Å². The molecular weight excluding hydrogens is 414 g/mol. The van der Waals surface area contributed by atoms with Crippen molar-refractivity contribution in [1.29, 1.82) is 0 Å². The van der Waals surface area contributed by atoms with Gasteiger partial charge in [-0.1, -0.05) is 47.6 Å². The van der Waals surface area contributed by atoms with Gasteiger partial charge in [-0.25, -0.2) is 4.79 Å². The molecule has 32 heavy (non-hydrogen) atoms. The third-order valence-electron chi connectivity index (χ3n) is 5.64. The number of nitrogens with one attached hydrogen (secondary N) is 1. The molecule has 1 N–H and O–H groups in total. The van der Waals surface area contributed by atoms with E-state index in [0.29, 0.717) is 18.6 Å². The molecule has 0 radical (unpaired) electrons. The van der Waals surface area contributed by atoms with Crippen LogP contribution in [0.1, 0.15) is 24.2 Å². The number of carbonyl (C=O) groups is 4. The molecular formula is C23H23N3O6. The Morgan fingerprint density at radius 2 is 1.81 bits per heavy atom. The van der Waals surface area contributed by atoms with Crippen molar-refractivity contribution >= 4 is 29.5 Å². The van der Waals surface area contributed by atoms with Crippen LogP contribution in [0.15, 0.2) is 53.1 Å². The van der Waals surface area contributed by atoms with Crippen LogP contribution in [0.4, 0.5) is 5.82 Å². The minimum atomic E-state index is -1.15. The molecule has 1 aliphatic heterocycles. The fourth-order valence-electron chi connectivity index (χ4n) is 4.09. The van der Waals surface area contributed by atoms with Gasteiger partial charge in [0.25, 0.3) is 5.91 Å². The van der Waals surface area contributed by atoms with E-state index in [1.807, 2.05) is 30.4 Å². The number of carbonyl (C=O) groups excluding carboxylic acids is 4. The van der Waals surface area contributed by atoms with Crippen molar-refractivity contribution < 1.29 is 28.4 Å². The fourth-order valence-corrected chi connectivity index (χ4v) is 4.09. The molecule has 9 nitrogen and oxygen atoms in total. The minimum absolute atomic E-state index is 0.105. The molecule has 1 saturated heterocycles. The molecule has 0 spiro atoms. The van der Waals surface area contributed by atoms with E-state index in [1.165, 1.54) is 6.07 Å². The lowest BCUT2D eigenvalue weighted by atomic mass is 9.85. The maximum Gasteiger partial charge on any atom is 0.330 e. The number of benzene rings is 1. The van der Waals surface area contributed by atoms with Crippen LogP contribution in [0.2, 0.25) is 0 Å². The van der Waals surface area contributed by atoms with E-state index in [-0.39, 0.29) is 24.1 Å². The van der Waals surface area contributed by atoms with E-state index in [2.05, 4.69) is 10.5 Å². The Kier molecular flexibility index (Phi) is 6.16. The number of likely N-dealkylation sites (tertiary alicyclic amines) is 1. The largest absolute Gasteiger partial charge is 0.454 e. The predicted octanol–water partition coefficient (Wildman–Crippen LogP) is 2.03. The standard InChI is InChI=1S/C23H23N3O6/c1-14-11-19(25-32-14)24-20(27)13-31-23(30)18(12-15-7-3-2-4-8-15)26-21(28)16-9-5-6-10-17(16)22(26)29/h2-8,11,16-18H,9-10,12-13H2,1H3,(H,24,25,27)/t16-,17-,18+/m1/s1. The summed E-state index contributed by atoms with van der Waals surface area (Å²) >= 11 is 0. The van der Waals surface area contributed by atoms with Crippen LogP contribution < -0.4 is 5.32 Å². The first kappa shape index (κ1) is 21.5. The van der Waals surface area contributed by atoms with Gasteiger partial charge < -0.3 is 14.6 Å². The number of amides is 3. The first-order valence-electron chi connectivity index (χ1n) is 10.4. The second kappa shape index (κ2) is 9.17. The molecule has 1 aromatic carbocycles. The SMILES string of the molecule is Cc1cc(NC(=O)COC(=O)[C@H](Cc2ccccc2)N2C(=O)[C@@H]3CC=CC[C@H]3C2=O)no1. The summed E-state index contributed by atoms with van der Waals surface area (Å²) in [5.41, 5.74) is 0.769. The van der Waals surface area contributed by atoms with Crippen LogP contribution in [-0.2, 0) is 30.3 Å².